The molecule has 0 heterocycles. The van der Waals surface area contributed by atoms with Crippen molar-refractivity contribution in [2.45, 2.75) is 19.8 Å². The van der Waals surface area contributed by atoms with Crippen molar-refractivity contribution in [3.63, 3.8) is 0 Å². The number of rotatable bonds is 5. The maximum atomic E-state index is 11.1. The van der Waals surface area contributed by atoms with Crippen LogP contribution in [-0.4, -0.2) is 12.5 Å². The Balaban J connectivity index is 3.71. The number of nitriles is 1. The van der Waals surface area contributed by atoms with Gasteiger partial charge in [0.1, 0.15) is 5.92 Å². The number of hydrogen-bond donors (Lipinski definition) is 1. The van der Waals surface area contributed by atoms with Crippen LogP contribution in [-0.2, 0) is 4.79 Å². The Hall–Kier alpha value is -1.30. The van der Waals surface area contributed by atoms with E-state index in [0.717, 1.165) is 6.42 Å². The van der Waals surface area contributed by atoms with E-state index in [1.165, 1.54) is 0 Å². The maximum absolute atomic E-state index is 11.1. The van der Waals surface area contributed by atoms with Crippen LogP contribution >= 0.6 is 0 Å². The van der Waals surface area contributed by atoms with Gasteiger partial charge >= 0.3 is 0 Å². The molecule has 0 aliphatic rings. The molecule has 0 aromatic heterocycles. The van der Waals surface area contributed by atoms with E-state index >= 15 is 0 Å². The van der Waals surface area contributed by atoms with E-state index in [1.807, 2.05) is 13.0 Å². The highest BCUT2D eigenvalue weighted by atomic mass is 16.1. The lowest BCUT2D eigenvalue weighted by Gasteiger charge is -2.05. The average Bonchev–Trinajstić information content (AvgIpc) is 2.07. The summed E-state index contributed by atoms with van der Waals surface area (Å²) in [5, 5.41) is 11.2. The number of nitrogens with zero attached hydrogens (tertiary/aromatic N) is 1. The van der Waals surface area contributed by atoms with E-state index in [2.05, 4.69) is 11.9 Å². The van der Waals surface area contributed by atoms with Gasteiger partial charge in [0.15, 0.2) is 0 Å². The molecule has 0 saturated heterocycles. The van der Waals surface area contributed by atoms with Gasteiger partial charge in [0.25, 0.3) is 0 Å². The lowest BCUT2D eigenvalue weighted by Crippen LogP contribution is -2.30. The molecule has 0 saturated carbocycles. The third kappa shape index (κ3) is 3.77. The van der Waals surface area contributed by atoms with Crippen LogP contribution in [0.1, 0.15) is 19.8 Å². The number of nitrogens with one attached hydrogen (secondary N) is 1. The first-order valence-electron chi connectivity index (χ1n) is 4.04. The molecule has 0 aromatic rings. The minimum absolute atomic E-state index is 0.179. The molecular weight excluding hydrogens is 152 g/mol. The Morgan fingerprint density at radius 1 is 1.83 bits per heavy atom. The Labute approximate surface area is 73.1 Å². The van der Waals surface area contributed by atoms with Crippen molar-refractivity contribution in [3.05, 3.63) is 12.7 Å². The maximum Gasteiger partial charge on any atom is 0.237 e. The standard InChI is InChI=1S/C9H14N2O/c1-3-5-6-11-9(12)8(4-2)7-10/h3,8H,1,4-6H2,2H3,(H,11,12). The van der Waals surface area contributed by atoms with Crippen molar-refractivity contribution in [2.24, 2.45) is 5.92 Å². The van der Waals surface area contributed by atoms with Crippen molar-refractivity contribution >= 4 is 5.91 Å². The minimum atomic E-state index is -0.505. The Morgan fingerprint density at radius 3 is 2.92 bits per heavy atom. The summed E-state index contributed by atoms with van der Waals surface area (Å²) in [7, 11) is 0. The van der Waals surface area contributed by atoms with E-state index in [4.69, 9.17) is 5.26 Å². The molecule has 0 radical (unpaired) electrons. The molecule has 12 heavy (non-hydrogen) atoms. The minimum Gasteiger partial charge on any atom is -0.355 e. The second-order valence-electron chi connectivity index (χ2n) is 2.46. The van der Waals surface area contributed by atoms with Gasteiger partial charge in [-0.1, -0.05) is 13.0 Å². The largest absolute Gasteiger partial charge is 0.355 e. The Kier molecular flexibility index (Phi) is 5.72. The van der Waals surface area contributed by atoms with E-state index < -0.39 is 5.92 Å². The fraction of sp³-hybridized carbons (Fsp3) is 0.556. The van der Waals surface area contributed by atoms with Crippen LogP contribution in [0.4, 0.5) is 0 Å². The van der Waals surface area contributed by atoms with Gasteiger partial charge in [-0.15, -0.1) is 6.58 Å². The van der Waals surface area contributed by atoms with Gasteiger partial charge in [0.2, 0.25) is 5.91 Å². The zero-order valence-electron chi connectivity index (χ0n) is 7.34. The summed E-state index contributed by atoms with van der Waals surface area (Å²) in [5.74, 6) is -0.684. The quantitative estimate of drug-likeness (QED) is 0.493. The van der Waals surface area contributed by atoms with Gasteiger partial charge in [-0.25, -0.2) is 0 Å². The van der Waals surface area contributed by atoms with Crippen molar-refractivity contribution in [3.8, 4) is 6.07 Å². The fourth-order valence-corrected chi connectivity index (χ4v) is 0.756. The first-order chi connectivity index (χ1) is 5.76. The zero-order chi connectivity index (χ0) is 9.40. The van der Waals surface area contributed by atoms with Crippen molar-refractivity contribution in [1.29, 1.82) is 5.26 Å². The van der Waals surface area contributed by atoms with Gasteiger partial charge in [0, 0.05) is 6.54 Å². The van der Waals surface area contributed by atoms with E-state index in [-0.39, 0.29) is 5.91 Å². The van der Waals surface area contributed by atoms with Crippen molar-refractivity contribution in [2.75, 3.05) is 6.54 Å². The molecule has 0 bridgehead atoms. The molecule has 3 nitrogen and oxygen atoms in total. The van der Waals surface area contributed by atoms with Crippen molar-refractivity contribution < 1.29 is 4.79 Å². The summed E-state index contributed by atoms with van der Waals surface area (Å²) >= 11 is 0. The van der Waals surface area contributed by atoms with Gasteiger partial charge in [0.05, 0.1) is 6.07 Å². The lowest BCUT2D eigenvalue weighted by molar-refractivity contribution is -0.123. The molecule has 0 rings (SSSR count). The molecule has 0 aliphatic heterocycles. The first kappa shape index (κ1) is 10.7. The van der Waals surface area contributed by atoms with Crippen LogP contribution in [0.3, 0.4) is 0 Å². The van der Waals surface area contributed by atoms with E-state index in [9.17, 15) is 4.79 Å². The summed E-state index contributed by atoms with van der Waals surface area (Å²) in [6, 6.07) is 1.94. The molecule has 1 unspecified atom stereocenters. The second-order valence-corrected chi connectivity index (χ2v) is 2.46. The first-order valence-corrected chi connectivity index (χ1v) is 4.04. The monoisotopic (exact) mass is 166 g/mol. The lowest BCUT2D eigenvalue weighted by atomic mass is 10.1. The van der Waals surface area contributed by atoms with E-state index in [1.54, 1.807) is 6.08 Å². The Bertz CT molecular complexity index is 193. The molecule has 0 fully saturated rings. The number of carbonyl (C=O) groups excluding carboxylic acids is 1. The molecule has 0 spiro atoms. The topological polar surface area (TPSA) is 52.9 Å². The molecule has 0 aliphatic carbocycles. The molecule has 1 N–H and O–H groups in total. The van der Waals surface area contributed by atoms with Crippen LogP contribution in [0.2, 0.25) is 0 Å². The van der Waals surface area contributed by atoms with Crippen molar-refractivity contribution in [1.82, 2.24) is 5.32 Å². The highest BCUT2D eigenvalue weighted by Gasteiger charge is 2.13. The fourth-order valence-electron chi connectivity index (χ4n) is 0.756. The zero-order valence-corrected chi connectivity index (χ0v) is 7.34. The summed E-state index contributed by atoms with van der Waals surface area (Å²) < 4.78 is 0. The SMILES string of the molecule is C=CCCNC(=O)C(C#N)CC. The summed E-state index contributed by atoms with van der Waals surface area (Å²) in [5.41, 5.74) is 0. The molecule has 1 amide bonds. The van der Waals surface area contributed by atoms with Crippen LogP contribution in [0, 0.1) is 17.2 Å². The summed E-state index contributed by atoms with van der Waals surface area (Å²) in [4.78, 5) is 11.1. The number of amides is 1. The average molecular weight is 166 g/mol. The molecule has 66 valence electrons. The predicted octanol–water partition coefficient (Wildman–Crippen LogP) is 1.23. The molecule has 0 aromatic carbocycles. The van der Waals surface area contributed by atoms with Gasteiger partial charge in [-0.2, -0.15) is 5.26 Å². The predicted molar refractivity (Wildman–Crippen MR) is 47.2 cm³/mol. The molecule has 3 heteroatoms. The van der Waals surface area contributed by atoms with E-state index in [0.29, 0.717) is 13.0 Å². The second kappa shape index (κ2) is 6.41. The van der Waals surface area contributed by atoms with Gasteiger partial charge in [-0.3, -0.25) is 4.79 Å². The van der Waals surface area contributed by atoms with Crippen LogP contribution < -0.4 is 5.32 Å². The number of carbonyl (C=O) groups is 1. The summed E-state index contributed by atoms with van der Waals surface area (Å²) in [6.07, 6.45) is 3.04. The van der Waals surface area contributed by atoms with Crippen LogP contribution in [0.15, 0.2) is 12.7 Å². The molecular formula is C9H14N2O. The van der Waals surface area contributed by atoms with Gasteiger partial charge < -0.3 is 5.32 Å². The molecule has 1 atom stereocenters. The number of hydrogen-bond acceptors (Lipinski definition) is 2. The Morgan fingerprint density at radius 2 is 2.50 bits per heavy atom. The smallest absolute Gasteiger partial charge is 0.237 e. The third-order valence-electron chi connectivity index (χ3n) is 1.53. The highest BCUT2D eigenvalue weighted by molar-refractivity contribution is 5.80. The third-order valence-corrected chi connectivity index (χ3v) is 1.53. The van der Waals surface area contributed by atoms with Crippen LogP contribution in [0.25, 0.3) is 0 Å². The van der Waals surface area contributed by atoms with Crippen LogP contribution in [0.5, 0.6) is 0 Å². The highest BCUT2D eigenvalue weighted by Crippen LogP contribution is 1.99. The normalized spacial score (nSPS) is 11.3. The van der Waals surface area contributed by atoms with Gasteiger partial charge in [-0.05, 0) is 12.8 Å². The summed E-state index contributed by atoms with van der Waals surface area (Å²) in [6.45, 7) is 5.92.